The molecule has 3 heteroatoms. The molecule has 0 aromatic rings. The number of nitrogens with one attached hydrogen (secondary N) is 1. The zero-order valence-electron chi connectivity index (χ0n) is 11.9. The van der Waals surface area contributed by atoms with E-state index in [9.17, 15) is 0 Å². The molecule has 0 radical (unpaired) electrons. The first-order valence-corrected chi connectivity index (χ1v) is 8.03. The molecule has 3 fully saturated rings. The van der Waals surface area contributed by atoms with Gasteiger partial charge >= 0.3 is 0 Å². The Balaban J connectivity index is 1.35. The van der Waals surface area contributed by atoms with Crippen molar-refractivity contribution in [1.29, 1.82) is 0 Å². The van der Waals surface area contributed by atoms with E-state index < -0.39 is 0 Å². The Morgan fingerprint density at radius 1 is 1.00 bits per heavy atom. The van der Waals surface area contributed by atoms with E-state index in [0.717, 1.165) is 18.0 Å². The highest BCUT2D eigenvalue weighted by Crippen LogP contribution is 2.27. The zero-order chi connectivity index (χ0) is 12.4. The Morgan fingerprint density at radius 3 is 2.67 bits per heavy atom. The molecule has 2 atom stereocenters. The first-order valence-electron chi connectivity index (χ1n) is 8.03. The monoisotopic (exact) mass is 251 g/mol. The zero-order valence-corrected chi connectivity index (χ0v) is 11.9. The van der Waals surface area contributed by atoms with E-state index in [1.807, 2.05) is 0 Å². The smallest absolute Gasteiger partial charge is 0.0250 e. The fourth-order valence-electron chi connectivity index (χ4n) is 4.01. The van der Waals surface area contributed by atoms with Crippen molar-refractivity contribution >= 4 is 0 Å². The minimum atomic E-state index is 0.788. The minimum absolute atomic E-state index is 0.788. The van der Waals surface area contributed by atoms with Crippen LogP contribution in [0.1, 0.15) is 39.0 Å². The lowest BCUT2D eigenvalue weighted by Gasteiger charge is -2.31. The highest BCUT2D eigenvalue weighted by Gasteiger charge is 2.36. The van der Waals surface area contributed by atoms with Crippen molar-refractivity contribution in [2.24, 2.45) is 5.92 Å². The molecule has 3 heterocycles. The van der Waals surface area contributed by atoms with Gasteiger partial charge in [0.05, 0.1) is 0 Å². The number of rotatable bonds is 4. The average molecular weight is 251 g/mol. The molecule has 1 N–H and O–H groups in total. The number of piperidine rings is 1. The first kappa shape index (κ1) is 12.9. The highest BCUT2D eigenvalue weighted by atomic mass is 15.2. The van der Waals surface area contributed by atoms with Gasteiger partial charge in [-0.05, 0) is 57.7 Å². The third kappa shape index (κ3) is 2.89. The van der Waals surface area contributed by atoms with E-state index in [1.54, 1.807) is 0 Å². The van der Waals surface area contributed by atoms with Crippen LogP contribution in [0.15, 0.2) is 0 Å². The van der Waals surface area contributed by atoms with Crippen LogP contribution in [0.4, 0.5) is 0 Å². The lowest BCUT2D eigenvalue weighted by Crippen LogP contribution is -2.44. The Bertz CT molecular complexity index is 260. The average Bonchev–Trinajstić information content (AvgIpc) is 2.96. The second-order valence-electron chi connectivity index (χ2n) is 6.62. The maximum atomic E-state index is 3.83. The van der Waals surface area contributed by atoms with E-state index in [2.05, 4.69) is 22.0 Å². The number of likely N-dealkylation sites (tertiary alicyclic amines) is 1. The van der Waals surface area contributed by atoms with Crippen LogP contribution < -0.4 is 5.32 Å². The van der Waals surface area contributed by atoms with E-state index >= 15 is 0 Å². The molecule has 3 nitrogen and oxygen atoms in total. The number of nitrogens with zero attached hydrogens (tertiary/aromatic N) is 2. The summed E-state index contributed by atoms with van der Waals surface area (Å²) in [6, 6.07) is 1.66. The van der Waals surface area contributed by atoms with Crippen LogP contribution in [0.3, 0.4) is 0 Å². The van der Waals surface area contributed by atoms with E-state index in [4.69, 9.17) is 0 Å². The molecule has 0 amide bonds. The summed E-state index contributed by atoms with van der Waals surface area (Å²) in [6.45, 7) is 10.2. The molecule has 0 aromatic carbocycles. The molecular weight excluding hydrogens is 222 g/mol. The number of hydrogen-bond donors (Lipinski definition) is 1. The van der Waals surface area contributed by atoms with Gasteiger partial charge in [-0.25, -0.2) is 0 Å². The standard InChI is InChI=1S/C15H29N3/c1-13-4-9-17(10-5-13)12-7-16-14-6-11-18-8-2-3-15(14)18/h13-16H,2-12H2,1H3. The van der Waals surface area contributed by atoms with Crippen molar-refractivity contribution in [3.63, 3.8) is 0 Å². The lowest BCUT2D eigenvalue weighted by atomic mass is 9.99. The molecule has 0 aromatic heterocycles. The molecule has 18 heavy (non-hydrogen) atoms. The fourth-order valence-corrected chi connectivity index (χ4v) is 4.01. The predicted octanol–water partition coefficient (Wildman–Crippen LogP) is 1.54. The molecule has 0 saturated carbocycles. The van der Waals surface area contributed by atoms with E-state index in [0.29, 0.717) is 0 Å². The molecule has 3 aliphatic heterocycles. The fraction of sp³-hybridized carbons (Fsp3) is 1.00. The first-order chi connectivity index (χ1) is 8.83. The van der Waals surface area contributed by atoms with Gasteiger partial charge in [-0.15, -0.1) is 0 Å². The van der Waals surface area contributed by atoms with Crippen molar-refractivity contribution in [3.05, 3.63) is 0 Å². The minimum Gasteiger partial charge on any atom is -0.311 e. The van der Waals surface area contributed by atoms with E-state index in [-0.39, 0.29) is 0 Å². The molecule has 3 rings (SSSR count). The van der Waals surface area contributed by atoms with Gasteiger partial charge in [0, 0.05) is 31.7 Å². The third-order valence-corrected chi connectivity index (χ3v) is 5.32. The highest BCUT2D eigenvalue weighted by molar-refractivity contribution is 4.95. The summed E-state index contributed by atoms with van der Waals surface area (Å²) in [5.41, 5.74) is 0. The maximum Gasteiger partial charge on any atom is 0.0250 e. The van der Waals surface area contributed by atoms with E-state index in [1.165, 1.54) is 71.4 Å². The maximum absolute atomic E-state index is 3.83. The molecular formula is C15H29N3. The van der Waals surface area contributed by atoms with Gasteiger partial charge in [-0.3, -0.25) is 4.90 Å². The normalized spacial score (nSPS) is 35.2. The lowest BCUT2D eigenvalue weighted by molar-refractivity contribution is 0.189. The summed E-state index contributed by atoms with van der Waals surface area (Å²) in [4.78, 5) is 5.34. The van der Waals surface area contributed by atoms with Gasteiger partial charge in [0.15, 0.2) is 0 Å². The molecule has 104 valence electrons. The summed E-state index contributed by atoms with van der Waals surface area (Å²) in [5.74, 6) is 0.955. The van der Waals surface area contributed by atoms with Crippen LogP contribution in [0, 0.1) is 5.92 Å². The number of fused-ring (bicyclic) bond motifs is 1. The topological polar surface area (TPSA) is 18.5 Å². The second kappa shape index (κ2) is 5.89. The van der Waals surface area contributed by atoms with Gasteiger partial charge in [-0.1, -0.05) is 6.92 Å². The summed E-state index contributed by atoms with van der Waals surface area (Å²) >= 11 is 0. The molecule has 3 saturated heterocycles. The third-order valence-electron chi connectivity index (χ3n) is 5.32. The van der Waals surface area contributed by atoms with Gasteiger partial charge in [0.2, 0.25) is 0 Å². The predicted molar refractivity (Wildman–Crippen MR) is 75.8 cm³/mol. The van der Waals surface area contributed by atoms with Crippen LogP contribution in [0.2, 0.25) is 0 Å². The second-order valence-corrected chi connectivity index (χ2v) is 6.62. The Kier molecular flexibility index (Phi) is 4.22. The molecule has 3 aliphatic rings. The van der Waals surface area contributed by atoms with Gasteiger partial charge in [0.1, 0.15) is 0 Å². The molecule has 2 unspecified atom stereocenters. The van der Waals surface area contributed by atoms with Crippen LogP contribution in [-0.2, 0) is 0 Å². The van der Waals surface area contributed by atoms with Gasteiger partial charge in [-0.2, -0.15) is 0 Å². The molecule has 0 aliphatic carbocycles. The SMILES string of the molecule is CC1CCN(CCNC2CCN3CCCC23)CC1. The quantitative estimate of drug-likeness (QED) is 0.818. The van der Waals surface area contributed by atoms with Crippen molar-refractivity contribution in [2.45, 2.75) is 51.1 Å². The molecule has 0 spiro atoms. The van der Waals surface area contributed by atoms with Crippen LogP contribution >= 0.6 is 0 Å². The van der Waals surface area contributed by atoms with Crippen molar-refractivity contribution in [1.82, 2.24) is 15.1 Å². The number of hydrogen-bond acceptors (Lipinski definition) is 3. The van der Waals surface area contributed by atoms with Gasteiger partial charge < -0.3 is 10.2 Å². The van der Waals surface area contributed by atoms with Crippen molar-refractivity contribution in [3.8, 4) is 0 Å². The van der Waals surface area contributed by atoms with Crippen molar-refractivity contribution < 1.29 is 0 Å². The van der Waals surface area contributed by atoms with Crippen LogP contribution in [-0.4, -0.2) is 61.2 Å². The van der Waals surface area contributed by atoms with Gasteiger partial charge in [0.25, 0.3) is 0 Å². The Labute approximate surface area is 112 Å². The summed E-state index contributed by atoms with van der Waals surface area (Å²) in [6.07, 6.45) is 7.03. The summed E-state index contributed by atoms with van der Waals surface area (Å²) in [5, 5.41) is 3.83. The van der Waals surface area contributed by atoms with Crippen LogP contribution in [0.5, 0.6) is 0 Å². The summed E-state index contributed by atoms with van der Waals surface area (Å²) < 4.78 is 0. The molecule has 0 bridgehead atoms. The summed E-state index contributed by atoms with van der Waals surface area (Å²) in [7, 11) is 0. The van der Waals surface area contributed by atoms with Crippen molar-refractivity contribution in [2.75, 3.05) is 39.3 Å². The van der Waals surface area contributed by atoms with Crippen LogP contribution in [0.25, 0.3) is 0 Å². The Morgan fingerprint density at radius 2 is 1.83 bits per heavy atom. The largest absolute Gasteiger partial charge is 0.311 e. The Hall–Kier alpha value is -0.120.